The van der Waals surface area contributed by atoms with Gasteiger partial charge in [-0.3, -0.25) is 14.8 Å². The summed E-state index contributed by atoms with van der Waals surface area (Å²) in [5, 5.41) is 15.5. The van der Waals surface area contributed by atoms with Crippen molar-refractivity contribution in [3.8, 4) is 0 Å². The van der Waals surface area contributed by atoms with Crippen molar-refractivity contribution in [1.29, 1.82) is 0 Å². The number of piperidine rings is 1. The first-order valence-corrected chi connectivity index (χ1v) is 7.21. The van der Waals surface area contributed by atoms with Crippen LogP contribution >= 0.6 is 11.6 Å². The molecule has 0 spiro atoms. The van der Waals surface area contributed by atoms with E-state index in [0.29, 0.717) is 11.1 Å². The molecular weight excluding hydrogens is 292 g/mol. The maximum absolute atomic E-state index is 10.7. The first-order valence-electron chi connectivity index (χ1n) is 6.83. The van der Waals surface area contributed by atoms with Crippen molar-refractivity contribution >= 4 is 23.0 Å². The van der Waals surface area contributed by atoms with Gasteiger partial charge in [0.2, 0.25) is 0 Å². The third-order valence-corrected chi connectivity index (χ3v) is 4.15. The summed E-state index contributed by atoms with van der Waals surface area (Å²) in [4.78, 5) is 12.5. The molecule has 2 heterocycles. The summed E-state index contributed by atoms with van der Waals surface area (Å²) in [6.07, 6.45) is 5.74. The van der Waals surface area contributed by atoms with Crippen LogP contribution in [-0.2, 0) is 0 Å². The van der Waals surface area contributed by atoms with Crippen LogP contribution < -0.4 is 4.90 Å². The second-order valence-electron chi connectivity index (χ2n) is 5.10. The zero-order chi connectivity index (χ0) is 14.8. The number of benzene rings is 1. The number of halogens is 1. The average molecular weight is 307 g/mol. The molecule has 0 unspecified atom stereocenters. The van der Waals surface area contributed by atoms with E-state index in [1.807, 2.05) is 16.9 Å². The molecule has 1 saturated heterocycles. The van der Waals surface area contributed by atoms with Crippen molar-refractivity contribution in [2.45, 2.75) is 18.9 Å². The van der Waals surface area contributed by atoms with Gasteiger partial charge < -0.3 is 4.90 Å². The van der Waals surface area contributed by atoms with Crippen molar-refractivity contribution < 1.29 is 4.92 Å². The number of hydrogen-bond donors (Lipinski definition) is 0. The van der Waals surface area contributed by atoms with Gasteiger partial charge in [-0.1, -0.05) is 11.6 Å². The maximum Gasteiger partial charge on any atom is 0.271 e. The van der Waals surface area contributed by atoms with Gasteiger partial charge in [-0.05, 0) is 25.0 Å². The molecule has 0 amide bonds. The van der Waals surface area contributed by atoms with Gasteiger partial charge in [0.1, 0.15) is 0 Å². The highest BCUT2D eigenvalue weighted by atomic mass is 35.5. The molecule has 1 fully saturated rings. The number of anilines is 1. The minimum absolute atomic E-state index is 0.0233. The summed E-state index contributed by atoms with van der Waals surface area (Å²) in [7, 11) is 0. The Morgan fingerprint density at radius 1 is 1.33 bits per heavy atom. The van der Waals surface area contributed by atoms with E-state index in [0.717, 1.165) is 31.6 Å². The number of nitro groups is 1. The Labute approximate surface area is 127 Å². The predicted octanol–water partition coefficient (Wildman–Crippen LogP) is 3.29. The summed E-state index contributed by atoms with van der Waals surface area (Å²) in [5.41, 5.74) is 0.886. The minimum Gasteiger partial charge on any atom is -0.370 e. The third-order valence-electron chi connectivity index (χ3n) is 3.85. The van der Waals surface area contributed by atoms with Gasteiger partial charge >= 0.3 is 0 Å². The van der Waals surface area contributed by atoms with Gasteiger partial charge in [-0.15, -0.1) is 0 Å². The van der Waals surface area contributed by atoms with Gasteiger partial charge in [0.25, 0.3) is 5.69 Å². The smallest absolute Gasteiger partial charge is 0.271 e. The zero-order valence-corrected chi connectivity index (χ0v) is 12.1. The number of aromatic nitrogens is 2. The fourth-order valence-corrected chi connectivity index (χ4v) is 3.03. The third kappa shape index (κ3) is 2.85. The molecule has 0 aliphatic carbocycles. The van der Waals surface area contributed by atoms with Crippen LogP contribution in [0.15, 0.2) is 36.7 Å². The lowest BCUT2D eigenvalue weighted by atomic mass is 10.0. The molecule has 0 bridgehead atoms. The standard InChI is InChI=1S/C14H15ClN4O2/c15-13-10-12(19(20)21)2-3-14(13)17-8-4-11(5-9-17)18-7-1-6-16-18/h1-3,6-7,10-11H,4-5,8-9H2. The number of nitrogens with zero attached hydrogens (tertiary/aromatic N) is 4. The lowest BCUT2D eigenvalue weighted by molar-refractivity contribution is -0.384. The highest BCUT2D eigenvalue weighted by Crippen LogP contribution is 2.33. The molecule has 1 aliphatic heterocycles. The Balaban J connectivity index is 1.71. The lowest BCUT2D eigenvalue weighted by Crippen LogP contribution is -2.34. The van der Waals surface area contributed by atoms with Crippen LogP contribution in [-0.4, -0.2) is 27.8 Å². The van der Waals surface area contributed by atoms with Gasteiger partial charge in [0.05, 0.1) is 21.7 Å². The van der Waals surface area contributed by atoms with E-state index < -0.39 is 4.92 Å². The fraction of sp³-hybridized carbons (Fsp3) is 0.357. The zero-order valence-electron chi connectivity index (χ0n) is 11.4. The van der Waals surface area contributed by atoms with Gasteiger partial charge in [-0.25, -0.2) is 0 Å². The predicted molar refractivity (Wildman–Crippen MR) is 80.8 cm³/mol. The monoisotopic (exact) mass is 306 g/mol. The quantitative estimate of drug-likeness (QED) is 0.645. The van der Waals surface area contributed by atoms with Crippen LogP contribution in [0, 0.1) is 10.1 Å². The normalized spacial score (nSPS) is 16.1. The second kappa shape index (κ2) is 5.73. The van der Waals surface area contributed by atoms with E-state index in [1.54, 1.807) is 12.3 Å². The number of hydrogen-bond acceptors (Lipinski definition) is 4. The molecule has 7 heteroatoms. The summed E-state index contributed by atoms with van der Waals surface area (Å²) in [6, 6.07) is 6.99. The van der Waals surface area contributed by atoms with E-state index in [1.165, 1.54) is 12.1 Å². The van der Waals surface area contributed by atoms with Crippen molar-refractivity contribution in [1.82, 2.24) is 9.78 Å². The van der Waals surface area contributed by atoms with E-state index in [9.17, 15) is 10.1 Å². The van der Waals surface area contributed by atoms with Crippen molar-refractivity contribution in [3.63, 3.8) is 0 Å². The van der Waals surface area contributed by atoms with Crippen LogP contribution in [0.5, 0.6) is 0 Å². The molecular formula is C14H15ClN4O2. The molecule has 1 aromatic heterocycles. The molecule has 1 aliphatic rings. The Kier molecular flexibility index (Phi) is 3.79. The van der Waals surface area contributed by atoms with Crippen LogP contribution in [0.4, 0.5) is 11.4 Å². The number of nitro benzene ring substituents is 1. The molecule has 3 rings (SSSR count). The van der Waals surface area contributed by atoms with E-state index in [-0.39, 0.29) is 5.69 Å². The first kappa shape index (κ1) is 13.9. The Morgan fingerprint density at radius 3 is 2.67 bits per heavy atom. The molecule has 1 aromatic carbocycles. The highest BCUT2D eigenvalue weighted by Gasteiger charge is 2.23. The summed E-state index contributed by atoms with van der Waals surface area (Å²) >= 11 is 6.18. The van der Waals surface area contributed by atoms with E-state index in [4.69, 9.17) is 11.6 Å². The van der Waals surface area contributed by atoms with Crippen LogP contribution in [0.3, 0.4) is 0 Å². The first-order chi connectivity index (χ1) is 10.1. The molecule has 0 atom stereocenters. The number of non-ortho nitro benzene ring substituents is 1. The minimum atomic E-state index is -0.431. The number of rotatable bonds is 3. The van der Waals surface area contributed by atoms with Crippen LogP contribution in [0.25, 0.3) is 0 Å². The molecule has 0 saturated carbocycles. The topological polar surface area (TPSA) is 64.2 Å². The highest BCUT2D eigenvalue weighted by molar-refractivity contribution is 6.33. The summed E-state index contributed by atoms with van der Waals surface area (Å²) in [6.45, 7) is 1.73. The van der Waals surface area contributed by atoms with Crippen LogP contribution in [0.2, 0.25) is 5.02 Å². The van der Waals surface area contributed by atoms with Gasteiger partial charge in [0, 0.05) is 37.6 Å². The van der Waals surface area contributed by atoms with E-state index in [2.05, 4.69) is 10.00 Å². The van der Waals surface area contributed by atoms with Crippen LogP contribution in [0.1, 0.15) is 18.9 Å². The van der Waals surface area contributed by atoms with Crippen molar-refractivity contribution in [2.75, 3.05) is 18.0 Å². The largest absolute Gasteiger partial charge is 0.370 e. The molecule has 110 valence electrons. The Bertz CT molecular complexity index is 636. The Morgan fingerprint density at radius 2 is 2.10 bits per heavy atom. The van der Waals surface area contributed by atoms with E-state index >= 15 is 0 Å². The molecule has 2 aromatic rings. The SMILES string of the molecule is O=[N+]([O-])c1ccc(N2CCC(n3cccn3)CC2)c(Cl)c1. The summed E-state index contributed by atoms with van der Waals surface area (Å²) < 4.78 is 1.99. The summed E-state index contributed by atoms with van der Waals surface area (Å²) in [5.74, 6) is 0. The van der Waals surface area contributed by atoms with Crippen molar-refractivity contribution in [3.05, 3.63) is 51.8 Å². The van der Waals surface area contributed by atoms with Gasteiger partial charge in [-0.2, -0.15) is 5.10 Å². The van der Waals surface area contributed by atoms with Crippen molar-refractivity contribution in [2.24, 2.45) is 0 Å². The average Bonchev–Trinajstić information content (AvgIpc) is 3.01. The van der Waals surface area contributed by atoms with Gasteiger partial charge in [0.15, 0.2) is 0 Å². The second-order valence-corrected chi connectivity index (χ2v) is 5.50. The maximum atomic E-state index is 10.7. The molecule has 0 radical (unpaired) electrons. The molecule has 6 nitrogen and oxygen atoms in total. The molecule has 0 N–H and O–H groups in total. The lowest BCUT2D eigenvalue weighted by Gasteiger charge is -2.34. The molecule has 21 heavy (non-hydrogen) atoms. The fourth-order valence-electron chi connectivity index (χ4n) is 2.73. The Hall–Kier alpha value is -2.08.